The molecule has 0 N–H and O–H groups in total. The third kappa shape index (κ3) is 12.4. The highest BCUT2D eigenvalue weighted by Crippen LogP contribution is 2.16. The van der Waals surface area contributed by atoms with Gasteiger partial charge in [-0.1, -0.05) is 35.5 Å². The third-order valence-corrected chi connectivity index (χ3v) is 4.72. The van der Waals surface area contributed by atoms with Crippen LogP contribution in [0.4, 0.5) is 0 Å². The monoisotopic (exact) mass is 371 g/mol. The number of hydrogen-bond donors (Lipinski definition) is 0. The first-order valence-corrected chi connectivity index (χ1v) is 10.4. The van der Waals surface area contributed by atoms with Crippen LogP contribution in [0.1, 0.15) is 78.1 Å². The molecule has 0 aromatic heterocycles. The fraction of sp³-hybridized carbons (Fsp3) is 0.625. The van der Waals surface area contributed by atoms with E-state index in [0.29, 0.717) is 6.61 Å². The van der Waals surface area contributed by atoms with E-state index in [2.05, 4.69) is 44.7 Å². The van der Waals surface area contributed by atoms with Gasteiger partial charge in [0.25, 0.3) is 0 Å². The van der Waals surface area contributed by atoms with E-state index < -0.39 is 0 Å². The maximum absolute atomic E-state index is 9.33. The highest BCUT2D eigenvalue weighted by Gasteiger charge is 2.13. The third-order valence-electron chi connectivity index (χ3n) is 4.72. The summed E-state index contributed by atoms with van der Waals surface area (Å²) in [5.41, 5.74) is 3.50. The van der Waals surface area contributed by atoms with Gasteiger partial charge in [0.2, 0.25) is 0 Å². The van der Waals surface area contributed by atoms with Gasteiger partial charge in [-0.3, -0.25) is 0 Å². The van der Waals surface area contributed by atoms with Crippen molar-refractivity contribution < 1.29 is 9.47 Å². The van der Waals surface area contributed by atoms with Crippen LogP contribution < -0.4 is 0 Å². The van der Waals surface area contributed by atoms with Gasteiger partial charge in [0.05, 0.1) is 12.7 Å². The Morgan fingerprint density at radius 3 is 2.56 bits per heavy atom. The summed E-state index contributed by atoms with van der Waals surface area (Å²) in [4.78, 5) is 0. The zero-order chi connectivity index (χ0) is 19.7. The van der Waals surface area contributed by atoms with Gasteiger partial charge in [-0.2, -0.15) is 5.26 Å². The summed E-state index contributed by atoms with van der Waals surface area (Å²) in [6.45, 7) is 9.44. The molecule has 3 nitrogen and oxygen atoms in total. The predicted molar refractivity (Wildman–Crippen MR) is 113 cm³/mol. The van der Waals surface area contributed by atoms with Gasteiger partial charge < -0.3 is 9.47 Å². The lowest BCUT2D eigenvalue weighted by molar-refractivity contribution is -0.156. The minimum Gasteiger partial charge on any atom is -0.353 e. The van der Waals surface area contributed by atoms with Gasteiger partial charge in [-0.15, -0.1) is 6.58 Å². The van der Waals surface area contributed by atoms with E-state index in [0.717, 1.165) is 63.5 Å². The van der Waals surface area contributed by atoms with Crippen LogP contribution in [0.5, 0.6) is 0 Å². The summed E-state index contributed by atoms with van der Waals surface area (Å²) in [7, 11) is 0. The van der Waals surface area contributed by atoms with E-state index in [9.17, 15) is 5.26 Å². The van der Waals surface area contributed by atoms with E-state index in [1.807, 2.05) is 6.08 Å². The quantitative estimate of drug-likeness (QED) is 0.203. The normalized spacial score (nSPS) is 19.0. The topological polar surface area (TPSA) is 42.2 Å². The summed E-state index contributed by atoms with van der Waals surface area (Å²) >= 11 is 0. The van der Waals surface area contributed by atoms with Gasteiger partial charge in [0.1, 0.15) is 0 Å². The van der Waals surface area contributed by atoms with E-state index in [4.69, 9.17) is 9.47 Å². The molecule has 1 atom stereocenters. The van der Waals surface area contributed by atoms with Crippen molar-refractivity contribution in [1.82, 2.24) is 0 Å². The molecule has 0 saturated carbocycles. The number of unbranched alkanes of at least 4 members (excludes halogenated alkanes) is 2. The molecule has 1 rings (SSSR count). The van der Waals surface area contributed by atoms with Gasteiger partial charge >= 0.3 is 0 Å². The van der Waals surface area contributed by atoms with Crippen molar-refractivity contribution in [3.05, 3.63) is 47.6 Å². The van der Waals surface area contributed by atoms with Crippen LogP contribution >= 0.6 is 0 Å². The van der Waals surface area contributed by atoms with Crippen LogP contribution in [0.25, 0.3) is 0 Å². The number of rotatable bonds is 13. The molecule has 1 unspecified atom stereocenters. The van der Waals surface area contributed by atoms with Crippen LogP contribution in [0, 0.1) is 11.3 Å². The van der Waals surface area contributed by atoms with E-state index in [1.54, 1.807) is 0 Å². The first-order valence-electron chi connectivity index (χ1n) is 10.4. The molecule has 1 aliphatic rings. The molecule has 1 fully saturated rings. The number of ether oxygens (including phenoxy) is 2. The van der Waals surface area contributed by atoms with Gasteiger partial charge in [-0.05, 0) is 78.1 Å². The van der Waals surface area contributed by atoms with Crippen LogP contribution in [0.15, 0.2) is 47.6 Å². The second kappa shape index (κ2) is 15.4. The maximum Gasteiger partial charge on any atom is 0.158 e. The van der Waals surface area contributed by atoms with Crippen molar-refractivity contribution in [2.75, 3.05) is 13.2 Å². The Kier molecular flexibility index (Phi) is 13.4. The average molecular weight is 372 g/mol. The molecule has 1 saturated heterocycles. The Balaban J connectivity index is 2.24. The van der Waals surface area contributed by atoms with Gasteiger partial charge in [0.15, 0.2) is 6.29 Å². The number of hydrogen-bond acceptors (Lipinski definition) is 3. The molecule has 0 aromatic rings. The Hall–Kier alpha value is -1.63. The largest absolute Gasteiger partial charge is 0.353 e. The average Bonchev–Trinajstić information content (AvgIpc) is 2.69. The molecule has 0 spiro atoms. The summed E-state index contributed by atoms with van der Waals surface area (Å²) in [6.07, 6.45) is 18.9. The lowest BCUT2D eigenvalue weighted by Gasteiger charge is -2.22. The molecule has 1 aliphatic heterocycles. The minimum absolute atomic E-state index is 0.0373. The lowest BCUT2D eigenvalue weighted by atomic mass is 10.0. The van der Waals surface area contributed by atoms with Crippen molar-refractivity contribution in [1.29, 1.82) is 5.26 Å². The van der Waals surface area contributed by atoms with E-state index >= 15 is 0 Å². The summed E-state index contributed by atoms with van der Waals surface area (Å²) in [5, 5.41) is 9.33. The highest BCUT2D eigenvalue weighted by molar-refractivity contribution is 5.21. The van der Waals surface area contributed by atoms with Crippen molar-refractivity contribution >= 4 is 0 Å². The molecule has 0 amide bonds. The smallest absolute Gasteiger partial charge is 0.158 e. The second-order valence-electron chi connectivity index (χ2n) is 7.35. The Labute approximate surface area is 166 Å². The molecule has 0 aromatic carbocycles. The van der Waals surface area contributed by atoms with Crippen LogP contribution in [0.3, 0.4) is 0 Å². The molecule has 3 heteroatoms. The molecule has 0 radical (unpaired) electrons. The number of allylic oxidation sites excluding steroid dienone is 6. The zero-order valence-electron chi connectivity index (χ0n) is 17.3. The maximum atomic E-state index is 9.33. The molecule has 1 heterocycles. The fourth-order valence-corrected chi connectivity index (χ4v) is 2.99. The first kappa shape index (κ1) is 23.4. The van der Waals surface area contributed by atoms with Crippen molar-refractivity contribution in [2.24, 2.45) is 0 Å². The van der Waals surface area contributed by atoms with E-state index in [1.165, 1.54) is 24.0 Å². The Morgan fingerprint density at radius 2 is 1.85 bits per heavy atom. The molecule has 0 bridgehead atoms. The summed E-state index contributed by atoms with van der Waals surface area (Å²) in [5.74, 6) is 0. The second-order valence-corrected chi connectivity index (χ2v) is 7.35. The minimum atomic E-state index is -0.0373. The van der Waals surface area contributed by atoms with Crippen LogP contribution in [-0.4, -0.2) is 19.5 Å². The number of nitrogens with zero attached hydrogens (tertiary/aromatic N) is 1. The standard InChI is InChI=1S/C24H37NO2/c1-4-5-6-7-12-21(2)13-10-15-23(19-25)16-11-14-22(3)20-27-24-17-8-9-18-26-24/h4,12,14-15,24H,1,5-11,13,16-18,20H2,2-3H3/b21-12+,22-14+,23-15-. The molecule has 150 valence electrons. The SMILES string of the molecule is C=CCCC/C=C(\C)CC/C=C(\C#N)CC/C=C(\C)COC1CCCCO1. The highest BCUT2D eigenvalue weighted by atomic mass is 16.7. The van der Waals surface area contributed by atoms with E-state index in [-0.39, 0.29) is 6.29 Å². The molecule has 27 heavy (non-hydrogen) atoms. The van der Waals surface area contributed by atoms with Crippen molar-refractivity contribution in [2.45, 2.75) is 84.3 Å². The summed E-state index contributed by atoms with van der Waals surface area (Å²) < 4.78 is 11.4. The van der Waals surface area contributed by atoms with Gasteiger partial charge in [-0.25, -0.2) is 0 Å². The fourth-order valence-electron chi connectivity index (χ4n) is 2.99. The number of nitriles is 1. The van der Waals surface area contributed by atoms with Gasteiger partial charge in [0, 0.05) is 12.2 Å². The molecular weight excluding hydrogens is 334 g/mol. The predicted octanol–water partition coefficient (Wildman–Crippen LogP) is 6.79. The lowest BCUT2D eigenvalue weighted by Crippen LogP contribution is -2.22. The van der Waals surface area contributed by atoms with Crippen molar-refractivity contribution in [3.63, 3.8) is 0 Å². The van der Waals surface area contributed by atoms with Crippen LogP contribution in [0.2, 0.25) is 0 Å². The molecular formula is C24H37NO2. The van der Waals surface area contributed by atoms with Crippen LogP contribution in [-0.2, 0) is 9.47 Å². The Bertz CT molecular complexity index is 545. The Morgan fingerprint density at radius 1 is 1.07 bits per heavy atom. The summed E-state index contributed by atoms with van der Waals surface area (Å²) in [6, 6.07) is 2.34. The van der Waals surface area contributed by atoms with Crippen molar-refractivity contribution in [3.8, 4) is 6.07 Å². The molecule has 0 aliphatic carbocycles. The zero-order valence-corrected chi connectivity index (χ0v) is 17.3. The first-order chi connectivity index (χ1) is 13.2.